The topological polar surface area (TPSA) is 72.8 Å². The lowest BCUT2D eigenvalue weighted by molar-refractivity contribution is 0.201. The first-order valence-corrected chi connectivity index (χ1v) is 7.60. The summed E-state index contributed by atoms with van der Waals surface area (Å²) in [5.41, 5.74) is 0.490. The van der Waals surface area contributed by atoms with Crippen LogP contribution in [-0.4, -0.2) is 39.2 Å². The summed E-state index contributed by atoms with van der Waals surface area (Å²) in [4.78, 5) is 0. The fourth-order valence-electron chi connectivity index (χ4n) is 1.55. The van der Waals surface area contributed by atoms with Crippen LogP contribution >= 0.6 is 0 Å². The van der Waals surface area contributed by atoms with Gasteiger partial charge in [-0.1, -0.05) is 6.07 Å². The van der Waals surface area contributed by atoms with Gasteiger partial charge in [-0.15, -0.1) is 0 Å². The number of sulfone groups is 1. The smallest absolute Gasteiger partial charge is 0.161 e. The summed E-state index contributed by atoms with van der Waals surface area (Å²) < 4.78 is 32.7. The van der Waals surface area contributed by atoms with Gasteiger partial charge in [-0.2, -0.15) is 0 Å². The summed E-state index contributed by atoms with van der Waals surface area (Å²) in [6.45, 7) is 2.29. The summed E-state index contributed by atoms with van der Waals surface area (Å²) in [7, 11) is -1.72. The minimum Gasteiger partial charge on any atom is -0.493 e. The Morgan fingerprint density at radius 2 is 2.00 bits per heavy atom. The molecule has 0 spiro atoms. The number of hydrogen-bond acceptors (Lipinski definition) is 5. The van der Waals surface area contributed by atoms with Crippen molar-refractivity contribution in [2.24, 2.45) is 0 Å². The van der Waals surface area contributed by atoms with Gasteiger partial charge in [-0.25, -0.2) is 8.42 Å². The molecular weight excluding hydrogens is 256 g/mol. The monoisotopic (exact) mass is 274 g/mol. The molecule has 0 aliphatic heterocycles. The maximum atomic E-state index is 11.1. The molecule has 6 heteroatoms. The highest BCUT2D eigenvalue weighted by Gasteiger charge is 2.16. The predicted octanol–water partition coefficient (Wildman–Crippen LogP) is 1.17. The number of methoxy groups -OCH3 is 1. The largest absolute Gasteiger partial charge is 0.493 e. The van der Waals surface area contributed by atoms with Crippen molar-refractivity contribution in [3.8, 4) is 11.5 Å². The minimum atomic E-state index is -3.23. The van der Waals surface area contributed by atoms with Crippen LogP contribution in [0.25, 0.3) is 0 Å². The molecule has 1 N–H and O–H groups in total. The molecule has 18 heavy (non-hydrogen) atoms. The van der Waals surface area contributed by atoms with Crippen LogP contribution in [0.15, 0.2) is 18.2 Å². The van der Waals surface area contributed by atoms with Crippen LogP contribution in [0.2, 0.25) is 0 Å². The third kappa shape index (κ3) is 4.19. The summed E-state index contributed by atoms with van der Waals surface area (Å²) in [5, 5.41) is 9.84. The molecule has 0 aliphatic rings. The molecule has 0 heterocycles. The van der Waals surface area contributed by atoms with Gasteiger partial charge in [0, 0.05) is 6.26 Å². The first kappa shape index (κ1) is 14.8. The maximum Gasteiger partial charge on any atom is 0.161 e. The fraction of sp³-hybridized carbons (Fsp3) is 0.500. The predicted molar refractivity (Wildman–Crippen MR) is 68.8 cm³/mol. The van der Waals surface area contributed by atoms with Gasteiger partial charge in [0.2, 0.25) is 0 Å². The molecule has 0 unspecified atom stereocenters. The van der Waals surface area contributed by atoms with Crippen LogP contribution in [0.1, 0.15) is 18.6 Å². The van der Waals surface area contributed by atoms with E-state index in [1.807, 2.05) is 6.92 Å². The average molecular weight is 274 g/mol. The summed E-state index contributed by atoms with van der Waals surface area (Å²) in [5.74, 6) is 0.724. The highest BCUT2D eigenvalue weighted by molar-refractivity contribution is 7.90. The number of benzene rings is 1. The second-order valence-corrected chi connectivity index (χ2v) is 6.14. The molecule has 102 valence electrons. The van der Waals surface area contributed by atoms with Crippen molar-refractivity contribution < 1.29 is 23.0 Å². The Morgan fingerprint density at radius 1 is 1.33 bits per heavy atom. The van der Waals surface area contributed by atoms with Crippen molar-refractivity contribution in [2.75, 3.05) is 25.7 Å². The Labute approximate surface area is 107 Å². The molecule has 0 aliphatic carbocycles. The highest BCUT2D eigenvalue weighted by atomic mass is 32.2. The van der Waals surface area contributed by atoms with E-state index >= 15 is 0 Å². The number of aliphatic hydroxyl groups excluding tert-OH is 1. The number of hydrogen-bond donors (Lipinski definition) is 1. The Hall–Kier alpha value is -1.27. The maximum absolute atomic E-state index is 11.1. The van der Waals surface area contributed by atoms with E-state index in [0.29, 0.717) is 23.7 Å². The van der Waals surface area contributed by atoms with Gasteiger partial charge >= 0.3 is 0 Å². The van der Waals surface area contributed by atoms with Crippen molar-refractivity contribution in [3.05, 3.63) is 23.8 Å². The third-order valence-electron chi connectivity index (χ3n) is 2.33. The first-order chi connectivity index (χ1) is 8.37. The second-order valence-electron chi connectivity index (χ2n) is 3.95. The lowest BCUT2D eigenvalue weighted by Crippen LogP contribution is -2.13. The Kier molecular flexibility index (Phi) is 4.98. The molecule has 0 bridgehead atoms. The van der Waals surface area contributed by atoms with E-state index in [1.54, 1.807) is 18.2 Å². The zero-order valence-electron chi connectivity index (χ0n) is 10.7. The Bertz CT molecular complexity index is 495. The van der Waals surface area contributed by atoms with Gasteiger partial charge in [-0.05, 0) is 24.6 Å². The second kappa shape index (κ2) is 6.06. The summed E-state index contributed by atoms with van der Waals surface area (Å²) in [6, 6.07) is 4.86. The molecule has 0 aromatic heterocycles. The zero-order valence-corrected chi connectivity index (χ0v) is 11.5. The normalized spacial score (nSPS) is 13.1. The number of rotatable bonds is 6. The van der Waals surface area contributed by atoms with Gasteiger partial charge in [0.15, 0.2) is 11.5 Å². The van der Waals surface area contributed by atoms with Gasteiger partial charge in [-0.3, -0.25) is 0 Å². The third-order valence-corrected chi connectivity index (χ3v) is 3.25. The van der Waals surface area contributed by atoms with Crippen LogP contribution in [0.5, 0.6) is 11.5 Å². The minimum absolute atomic E-state index is 0.315. The van der Waals surface area contributed by atoms with Crippen molar-refractivity contribution in [2.45, 2.75) is 13.0 Å². The van der Waals surface area contributed by atoms with Crippen molar-refractivity contribution in [1.29, 1.82) is 0 Å². The first-order valence-electron chi connectivity index (χ1n) is 5.54. The van der Waals surface area contributed by atoms with E-state index in [1.165, 1.54) is 7.11 Å². The highest BCUT2D eigenvalue weighted by Crippen LogP contribution is 2.30. The van der Waals surface area contributed by atoms with Crippen LogP contribution in [0.4, 0.5) is 0 Å². The van der Waals surface area contributed by atoms with E-state index in [9.17, 15) is 13.5 Å². The number of aliphatic hydroxyl groups is 1. The molecule has 0 saturated heterocycles. The van der Waals surface area contributed by atoms with E-state index in [0.717, 1.165) is 6.26 Å². The molecule has 1 atom stereocenters. The SMILES string of the molecule is CCOc1cc([C@H](O)CS(C)(=O)=O)ccc1OC. The van der Waals surface area contributed by atoms with Crippen LogP contribution in [0, 0.1) is 0 Å². The molecule has 5 nitrogen and oxygen atoms in total. The van der Waals surface area contributed by atoms with Crippen molar-refractivity contribution >= 4 is 9.84 Å². The molecule has 0 saturated carbocycles. The Morgan fingerprint density at radius 3 is 2.50 bits per heavy atom. The van der Waals surface area contributed by atoms with Gasteiger partial charge < -0.3 is 14.6 Å². The van der Waals surface area contributed by atoms with Gasteiger partial charge in [0.05, 0.1) is 25.6 Å². The molecule has 0 radical (unpaired) electrons. The average Bonchev–Trinajstić information content (AvgIpc) is 2.27. The van der Waals surface area contributed by atoms with Crippen LogP contribution in [-0.2, 0) is 9.84 Å². The standard InChI is InChI=1S/C12H18O5S/c1-4-17-12-7-9(5-6-11(12)16-2)10(13)8-18(3,14)15/h5-7,10,13H,4,8H2,1-3H3/t10-/m1/s1. The number of ether oxygens (including phenoxy) is 2. The molecule has 1 aromatic carbocycles. The molecule has 0 amide bonds. The summed E-state index contributed by atoms with van der Waals surface area (Å²) >= 11 is 0. The molecular formula is C12H18O5S. The van der Waals surface area contributed by atoms with E-state index in [2.05, 4.69) is 0 Å². The van der Waals surface area contributed by atoms with Gasteiger partial charge in [0.1, 0.15) is 9.84 Å². The van der Waals surface area contributed by atoms with Crippen LogP contribution in [0.3, 0.4) is 0 Å². The molecule has 1 rings (SSSR count). The van der Waals surface area contributed by atoms with Gasteiger partial charge in [0.25, 0.3) is 0 Å². The van der Waals surface area contributed by atoms with Crippen LogP contribution < -0.4 is 9.47 Å². The quantitative estimate of drug-likeness (QED) is 0.843. The summed E-state index contributed by atoms with van der Waals surface area (Å²) in [6.07, 6.45) is 0.0218. The van der Waals surface area contributed by atoms with E-state index in [4.69, 9.17) is 9.47 Å². The van der Waals surface area contributed by atoms with E-state index in [-0.39, 0.29) is 5.75 Å². The lowest BCUT2D eigenvalue weighted by atomic mass is 10.1. The Balaban J connectivity index is 3.00. The van der Waals surface area contributed by atoms with Crippen molar-refractivity contribution in [1.82, 2.24) is 0 Å². The van der Waals surface area contributed by atoms with E-state index < -0.39 is 15.9 Å². The lowest BCUT2D eigenvalue weighted by Gasteiger charge is -2.14. The fourth-order valence-corrected chi connectivity index (χ4v) is 2.32. The zero-order chi connectivity index (χ0) is 13.8. The molecule has 0 fully saturated rings. The van der Waals surface area contributed by atoms with Crippen molar-refractivity contribution in [3.63, 3.8) is 0 Å². The molecule has 1 aromatic rings.